The van der Waals surface area contributed by atoms with Crippen LogP contribution in [0.2, 0.25) is 0 Å². The van der Waals surface area contributed by atoms with Crippen LogP contribution in [0.3, 0.4) is 0 Å². The molecular formula is C19H18FN3O2. The highest BCUT2D eigenvalue weighted by atomic mass is 19.1. The van der Waals surface area contributed by atoms with Crippen molar-refractivity contribution in [3.8, 4) is 0 Å². The number of nitrogens with one attached hydrogen (secondary N) is 3. The molecule has 2 amide bonds. The largest absolute Gasteiger partial charge is 0.358 e. The zero-order valence-electron chi connectivity index (χ0n) is 13.7. The van der Waals surface area contributed by atoms with Crippen molar-refractivity contribution in [1.29, 1.82) is 0 Å². The van der Waals surface area contributed by atoms with Crippen molar-refractivity contribution in [2.75, 3.05) is 11.9 Å². The van der Waals surface area contributed by atoms with Gasteiger partial charge >= 0.3 is 11.8 Å². The van der Waals surface area contributed by atoms with Gasteiger partial charge in [0.05, 0.1) is 0 Å². The molecule has 3 N–H and O–H groups in total. The first kappa shape index (κ1) is 16.7. The number of carbonyl (C=O) groups excluding carboxylic acids is 2. The van der Waals surface area contributed by atoms with Gasteiger partial charge in [-0.15, -0.1) is 0 Å². The molecule has 1 heterocycles. The van der Waals surface area contributed by atoms with E-state index in [0.29, 0.717) is 13.0 Å². The molecule has 2 aromatic carbocycles. The molecule has 0 saturated carbocycles. The second-order valence-corrected chi connectivity index (χ2v) is 5.74. The van der Waals surface area contributed by atoms with Gasteiger partial charge in [-0.1, -0.05) is 24.3 Å². The maximum Gasteiger partial charge on any atom is 0.313 e. The number of aromatic nitrogens is 1. The molecule has 0 aliphatic heterocycles. The topological polar surface area (TPSA) is 74.0 Å². The molecule has 0 atom stereocenters. The van der Waals surface area contributed by atoms with Crippen molar-refractivity contribution in [1.82, 2.24) is 10.3 Å². The Balaban J connectivity index is 1.57. The first-order chi connectivity index (χ1) is 12.0. The van der Waals surface area contributed by atoms with Gasteiger partial charge < -0.3 is 15.6 Å². The van der Waals surface area contributed by atoms with Crippen molar-refractivity contribution in [3.63, 3.8) is 0 Å². The molecule has 5 nitrogen and oxygen atoms in total. The standard InChI is InChI=1S/C19H18FN3O2/c1-12-15(16-7-2-3-8-17(16)22-12)9-10-21-18(24)19(25)23-14-6-4-5-13(20)11-14/h2-8,11,22H,9-10H2,1H3,(H,21,24)(H,23,25). The molecule has 3 aromatic rings. The maximum atomic E-state index is 13.1. The van der Waals surface area contributed by atoms with E-state index in [9.17, 15) is 14.0 Å². The van der Waals surface area contributed by atoms with Crippen LogP contribution in [-0.2, 0) is 16.0 Å². The first-order valence-electron chi connectivity index (χ1n) is 7.95. The predicted octanol–water partition coefficient (Wildman–Crippen LogP) is 2.91. The van der Waals surface area contributed by atoms with Gasteiger partial charge in [-0.25, -0.2) is 4.39 Å². The summed E-state index contributed by atoms with van der Waals surface area (Å²) in [6, 6.07) is 13.3. The van der Waals surface area contributed by atoms with E-state index < -0.39 is 17.6 Å². The quantitative estimate of drug-likeness (QED) is 0.640. The minimum atomic E-state index is -0.818. The zero-order chi connectivity index (χ0) is 17.8. The average Bonchev–Trinajstić information content (AvgIpc) is 2.90. The SMILES string of the molecule is Cc1[nH]c2ccccc2c1CCNC(=O)C(=O)Nc1cccc(F)c1. The average molecular weight is 339 g/mol. The smallest absolute Gasteiger partial charge is 0.313 e. The molecule has 3 rings (SSSR count). The molecule has 0 saturated heterocycles. The van der Waals surface area contributed by atoms with E-state index in [1.807, 2.05) is 31.2 Å². The molecule has 128 valence electrons. The minimum Gasteiger partial charge on any atom is -0.358 e. The highest BCUT2D eigenvalue weighted by molar-refractivity contribution is 6.39. The summed E-state index contributed by atoms with van der Waals surface area (Å²) in [5, 5.41) is 6.07. The number of carbonyl (C=O) groups is 2. The molecule has 0 radical (unpaired) electrons. The number of amides is 2. The Labute approximate surface area is 144 Å². The minimum absolute atomic E-state index is 0.243. The Kier molecular flexibility index (Phi) is 4.79. The second kappa shape index (κ2) is 7.17. The van der Waals surface area contributed by atoms with E-state index >= 15 is 0 Å². The third-order valence-corrected chi connectivity index (χ3v) is 3.98. The summed E-state index contributed by atoms with van der Waals surface area (Å²) in [5.74, 6) is -2.05. The lowest BCUT2D eigenvalue weighted by Gasteiger charge is -2.07. The summed E-state index contributed by atoms with van der Waals surface area (Å²) in [6.07, 6.45) is 0.606. The normalized spacial score (nSPS) is 10.6. The van der Waals surface area contributed by atoms with Gasteiger partial charge in [0.1, 0.15) is 5.82 Å². The van der Waals surface area contributed by atoms with Gasteiger partial charge in [-0.3, -0.25) is 9.59 Å². The van der Waals surface area contributed by atoms with Crippen molar-refractivity contribution in [3.05, 3.63) is 65.6 Å². The van der Waals surface area contributed by atoms with Crippen molar-refractivity contribution < 1.29 is 14.0 Å². The van der Waals surface area contributed by atoms with Crippen LogP contribution in [0.5, 0.6) is 0 Å². The number of aromatic amines is 1. The number of halogens is 1. The molecule has 0 aliphatic rings. The molecule has 1 aromatic heterocycles. The lowest BCUT2D eigenvalue weighted by molar-refractivity contribution is -0.136. The number of hydrogen-bond acceptors (Lipinski definition) is 2. The molecule has 0 unspecified atom stereocenters. The Morgan fingerprint density at radius 3 is 2.68 bits per heavy atom. The van der Waals surface area contributed by atoms with Crippen molar-refractivity contribution in [2.24, 2.45) is 0 Å². The Bertz CT molecular complexity index is 933. The van der Waals surface area contributed by atoms with E-state index in [4.69, 9.17) is 0 Å². The van der Waals surface area contributed by atoms with Gasteiger partial charge in [0.15, 0.2) is 0 Å². The van der Waals surface area contributed by atoms with E-state index in [1.165, 1.54) is 18.2 Å². The number of anilines is 1. The number of hydrogen-bond donors (Lipinski definition) is 3. The van der Waals surface area contributed by atoms with Crippen LogP contribution in [-0.4, -0.2) is 23.3 Å². The lowest BCUT2D eigenvalue weighted by Crippen LogP contribution is -2.36. The summed E-state index contributed by atoms with van der Waals surface area (Å²) >= 11 is 0. The number of aryl methyl sites for hydroxylation is 1. The molecule has 6 heteroatoms. The lowest BCUT2D eigenvalue weighted by atomic mass is 10.1. The maximum absolute atomic E-state index is 13.1. The number of H-pyrrole nitrogens is 1. The summed E-state index contributed by atoms with van der Waals surface area (Å²) in [5.41, 5.74) is 3.44. The Morgan fingerprint density at radius 1 is 1.08 bits per heavy atom. The van der Waals surface area contributed by atoms with Gasteiger partial charge in [0.25, 0.3) is 0 Å². The fraction of sp³-hybridized carbons (Fsp3) is 0.158. The summed E-state index contributed by atoms with van der Waals surface area (Å²) in [4.78, 5) is 27.0. The van der Waals surface area contributed by atoms with Crippen LogP contribution in [0.15, 0.2) is 48.5 Å². The Hall–Kier alpha value is -3.15. The highest BCUT2D eigenvalue weighted by Gasteiger charge is 2.14. The number of benzene rings is 2. The van der Waals surface area contributed by atoms with Crippen molar-refractivity contribution >= 4 is 28.4 Å². The Morgan fingerprint density at radius 2 is 1.88 bits per heavy atom. The third kappa shape index (κ3) is 3.85. The van der Waals surface area contributed by atoms with Crippen LogP contribution in [0, 0.1) is 12.7 Å². The first-order valence-corrected chi connectivity index (χ1v) is 7.95. The molecule has 0 spiro atoms. The van der Waals surface area contributed by atoms with Crippen LogP contribution in [0.4, 0.5) is 10.1 Å². The van der Waals surface area contributed by atoms with Gasteiger partial charge in [0, 0.05) is 28.8 Å². The van der Waals surface area contributed by atoms with E-state index in [1.54, 1.807) is 0 Å². The third-order valence-electron chi connectivity index (χ3n) is 3.98. The summed E-state index contributed by atoms with van der Waals surface area (Å²) in [7, 11) is 0. The second-order valence-electron chi connectivity index (χ2n) is 5.74. The predicted molar refractivity (Wildman–Crippen MR) is 94.8 cm³/mol. The van der Waals surface area contributed by atoms with Crippen molar-refractivity contribution in [2.45, 2.75) is 13.3 Å². The number of rotatable bonds is 4. The molecular weight excluding hydrogens is 321 g/mol. The highest BCUT2D eigenvalue weighted by Crippen LogP contribution is 2.21. The fourth-order valence-electron chi connectivity index (χ4n) is 2.79. The molecule has 0 aliphatic carbocycles. The van der Waals surface area contributed by atoms with Gasteiger partial charge in [-0.2, -0.15) is 0 Å². The van der Waals surface area contributed by atoms with Crippen LogP contribution >= 0.6 is 0 Å². The molecule has 0 fully saturated rings. The van der Waals surface area contributed by atoms with Crippen LogP contribution in [0.1, 0.15) is 11.3 Å². The van der Waals surface area contributed by atoms with E-state index in [-0.39, 0.29) is 5.69 Å². The van der Waals surface area contributed by atoms with Crippen LogP contribution < -0.4 is 10.6 Å². The molecule has 25 heavy (non-hydrogen) atoms. The monoisotopic (exact) mass is 339 g/mol. The zero-order valence-corrected chi connectivity index (χ0v) is 13.7. The summed E-state index contributed by atoms with van der Waals surface area (Å²) in [6.45, 7) is 2.31. The number of para-hydroxylation sites is 1. The van der Waals surface area contributed by atoms with E-state index in [2.05, 4.69) is 15.6 Å². The van der Waals surface area contributed by atoms with Gasteiger partial charge in [-0.05, 0) is 43.2 Å². The summed E-state index contributed by atoms with van der Waals surface area (Å²) < 4.78 is 13.1. The molecule has 0 bridgehead atoms. The van der Waals surface area contributed by atoms with Gasteiger partial charge in [0.2, 0.25) is 0 Å². The van der Waals surface area contributed by atoms with Crippen LogP contribution in [0.25, 0.3) is 10.9 Å². The van der Waals surface area contributed by atoms with E-state index in [0.717, 1.165) is 28.2 Å². The fourth-order valence-corrected chi connectivity index (χ4v) is 2.79. The number of fused-ring (bicyclic) bond motifs is 1.